The lowest BCUT2D eigenvalue weighted by Gasteiger charge is -2.21. The van der Waals surface area contributed by atoms with E-state index in [0.717, 1.165) is 5.69 Å². The van der Waals surface area contributed by atoms with Gasteiger partial charge in [0.25, 0.3) is 5.91 Å². The molecule has 0 saturated carbocycles. The second-order valence-corrected chi connectivity index (χ2v) is 8.86. The zero-order valence-electron chi connectivity index (χ0n) is 17.2. The van der Waals surface area contributed by atoms with Crippen LogP contribution in [0.5, 0.6) is 0 Å². The number of amides is 1. The average Bonchev–Trinajstić information content (AvgIpc) is 3.15. The minimum Gasteiger partial charge on any atom is -0.479 e. The van der Waals surface area contributed by atoms with Gasteiger partial charge in [-0.05, 0) is 39.7 Å². The highest BCUT2D eigenvalue weighted by Crippen LogP contribution is 2.32. The van der Waals surface area contributed by atoms with E-state index in [4.69, 9.17) is 10.1 Å². The summed E-state index contributed by atoms with van der Waals surface area (Å²) in [4.78, 5) is 30.5. The zero-order chi connectivity index (χ0) is 21.0. The van der Waals surface area contributed by atoms with Crippen molar-refractivity contribution in [2.75, 3.05) is 13.1 Å². The van der Waals surface area contributed by atoms with Gasteiger partial charge >= 0.3 is 5.97 Å². The number of hydrogen-bond donors (Lipinski definition) is 1. The van der Waals surface area contributed by atoms with Crippen LogP contribution in [0.3, 0.4) is 0 Å². The van der Waals surface area contributed by atoms with Crippen LogP contribution in [0.2, 0.25) is 0 Å². The van der Waals surface area contributed by atoms with Crippen LogP contribution in [0, 0.1) is 6.92 Å². The van der Waals surface area contributed by atoms with E-state index in [1.54, 1.807) is 10.7 Å². The predicted molar refractivity (Wildman–Crippen MR) is 103 cm³/mol. The van der Waals surface area contributed by atoms with Crippen molar-refractivity contribution >= 4 is 22.9 Å². The number of pyridine rings is 1. The van der Waals surface area contributed by atoms with Gasteiger partial charge in [0, 0.05) is 18.7 Å². The summed E-state index contributed by atoms with van der Waals surface area (Å²) in [5.74, 6) is -1.83. The smallest absolute Gasteiger partial charge is 0.343 e. The summed E-state index contributed by atoms with van der Waals surface area (Å²) >= 11 is 0. The molecule has 152 valence electrons. The first-order valence-electron chi connectivity index (χ1n) is 9.47. The van der Waals surface area contributed by atoms with Crippen molar-refractivity contribution in [2.24, 2.45) is 0 Å². The number of carboxylic acids is 1. The number of carbonyl (C=O) groups excluding carboxylic acids is 1. The molecule has 0 spiro atoms. The maximum atomic E-state index is 14.5. The third kappa shape index (κ3) is 3.25. The molecule has 1 aliphatic heterocycles. The quantitative estimate of drug-likeness (QED) is 0.869. The number of aromatic nitrogens is 3. The van der Waals surface area contributed by atoms with Crippen molar-refractivity contribution in [3.63, 3.8) is 0 Å². The van der Waals surface area contributed by atoms with E-state index in [-0.39, 0.29) is 30.3 Å². The molecule has 8 heteroatoms. The average molecular weight is 390 g/mol. The monoisotopic (exact) mass is 390 g/mol. The normalized spacial score (nSPS) is 20.4. The molecule has 1 aliphatic rings. The molecular formula is C20H27FN4O3. The van der Waals surface area contributed by atoms with Crippen molar-refractivity contribution in [1.82, 2.24) is 19.7 Å². The molecule has 0 aromatic carbocycles. The van der Waals surface area contributed by atoms with Gasteiger partial charge in [-0.2, -0.15) is 5.10 Å². The number of rotatable bonds is 3. The Morgan fingerprint density at radius 3 is 2.46 bits per heavy atom. The fourth-order valence-corrected chi connectivity index (χ4v) is 3.53. The summed E-state index contributed by atoms with van der Waals surface area (Å²) in [5, 5.41) is 14.4. The first kappa shape index (κ1) is 20.2. The van der Waals surface area contributed by atoms with Gasteiger partial charge in [0.05, 0.1) is 28.7 Å². The van der Waals surface area contributed by atoms with E-state index in [2.05, 4.69) is 5.10 Å². The Hall–Kier alpha value is -2.51. The number of aryl methyl sites for hydroxylation is 1. The lowest BCUT2D eigenvalue weighted by molar-refractivity contribution is -0.149. The van der Waals surface area contributed by atoms with Crippen LogP contribution in [0.4, 0.5) is 4.39 Å². The Morgan fingerprint density at radius 2 is 1.96 bits per heavy atom. The van der Waals surface area contributed by atoms with Crippen LogP contribution in [0.1, 0.15) is 68.7 Å². The molecule has 1 fully saturated rings. The zero-order valence-corrected chi connectivity index (χ0v) is 17.2. The van der Waals surface area contributed by atoms with E-state index in [0.29, 0.717) is 22.3 Å². The van der Waals surface area contributed by atoms with E-state index >= 15 is 0 Å². The van der Waals surface area contributed by atoms with Gasteiger partial charge in [-0.15, -0.1) is 0 Å². The molecule has 1 atom stereocenters. The molecule has 28 heavy (non-hydrogen) atoms. The molecule has 7 nitrogen and oxygen atoms in total. The highest BCUT2D eigenvalue weighted by atomic mass is 19.1. The van der Waals surface area contributed by atoms with Crippen molar-refractivity contribution in [2.45, 2.75) is 65.1 Å². The lowest BCUT2D eigenvalue weighted by Crippen LogP contribution is -2.39. The fourth-order valence-electron chi connectivity index (χ4n) is 3.53. The van der Waals surface area contributed by atoms with Gasteiger partial charge in [0.1, 0.15) is 0 Å². The van der Waals surface area contributed by atoms with E-state index in [1.165, 1.54) is 4.90 Å². The maximum absolute atomic E-state index is 14.5. The van der Waals surface area contributed by atoms with Crippen LogP contribution in [0.25, 0.3) is 11.0 Å². The molecule has 2 aromatic rings. The Labute approximate surface area is 163 Å². The van der Waals surface area contributed by atoms with E-state index in [1.807, 2.05) is 41.5 Å². The number of aliphatic carboxylic acids is 1. The second-order valence-electron chi connectivity index (χ2n) is 8.86. The largest absolute Gasteiger partial charge is 0.479 e. The van der Waals surface area contributed by atoms with Crippen LogP contribution in [-0.2, 0) is 10.3 Å². The number of carbonyl (C=O) groups is 2. The van der Waals surface area contributed by atoms with E-state index in [9.17, 15) is 14.0 Å². The highest BCUT2D eigenvalue weighted by molar-refractivity contribution is 6.07. The number of halogens is 1. The summed E-state index contributed by atoms with van der Waals surface area (Å²) in [6.45, 7) is 11.4. The minimum atomic E-state index is -2.40. The number of likely N-dealkylation sites (tertiary alicyclic amines) is 1. The lowest BCUT2D eigenvalue weighted by atomic mass is 10.0. The number of nitrogens with zero attached hydrogens (tertiary/aromatic N) is 4. The Balaban J connectivity index is 2.16. The molecular weight excluding hydrogens is 363 g/mol. The molecule has 1 unspecified atom stereocenters. The Bertz CT molecular complexity index is 960. The van der Waals surface area contributed by atoms with Crippen molar-refractivity contribution in [3.8, 4) is 0 Å². The molecule has 1 amide bonds. The Morgan fingerprint density at radius 1 is 1.32 bits per heavy atom. The van der Waals surface area contributed by atoms with Gasteiger partial charge in [-0.3, -0.25) is 4.79 Å². The molecule has 2 aromatic heterocycles. The molecule has 1 saturated heterocycles. The molecule has 0 aliphatic carbocycles. The van der Waals surface area contributed by atoms with Gasteiger partial charge in [0.2, 0.25) is 5.67 Å². The predicted octanol–water partition coefficient (Wildman–Crippen LogP) is 3.26. The van der Waals surface area contributed by atoms with Crippen molar-refractivity contribution in [3.05, 3.63) is 23.0 Å². The van der Waals surface area contributed by atoms with Gasteiger partial charge in [-0.25, -0.2) is 18.9 Å². The summed E-state index contributed by atoms with van der Waals surface area (Å²) in [7, 11) is 0. The van der Waals surface area contributed by atoms with Gasteiger partial charge < -0.3 is 10.0 Å². The summed E-state index contributed by atoms with van der Waals surface area (Å²) in [5.41, 5.74) is -0.307. The van der Waals surface area contributed by atoms with Gasteiger partial charge in [-0.1, -0.05) is 13.8 Å². The maximum Gasteiger partial charge on any atom is 0.343 e. The highest BCUT2D eigenvalue weighted by Gasteiger charge is 2.47. The SMILES string of the molecule is Cc1nn(C(C)(C)C)c2nc(C(C)C)cc(C(=O)N3CCC(F)(C(=O)O)C3)c12. The van der Waals surface area contributed by atoms with Gasteiger partial charge in [0.15, 0.2) is 5.65 Å². The molecule has 0 radical (unpaired) electrons. The first-order valence-corrected chi connectivity index (χ1v) is 9.47. The summed E-state index contributed by atoms with van der Waals surface area (Å²) < 4.78 is 16.3. The van der Waals surface area contributed by atoms with Crippen LogP contribution < -0.4 is 0 Å². The number of alkyl halides is 1. The fraction of sp³-hybridized carbons (Fsp3) is 0.600. The van der Waals surface area contributed by atoms with Crippen LogP contribution in [0.15, 0.2) is 6.07 Å². The van der Waals surface area contributed by atoms with Crippen LogP contribution in [-0.4, -0.2) is 55.4 Å². The van der Waals surface area contributed by atoms with Crippen LogP contribution >= 0.6 is 0 Å². The first-order chi connectivity index (χ1) is 12.8. The molecule has 3 rings (SSSR count). The number of fused-ring (bicyclic) bond motifs is 1. The standard InChI is InChI=1S/C20H27FN4O3/c1-11(2)14-9-13(17(26)24-8-7-20(21,10-24)18(27)28)15-12(3)23-25(16(15)22-14)19(4,5)6/h9,11H,7-8,10H2,1-6H3,(H,27,28). The topological polar surface area (TPSA) is 88.3 Å². The Kier molecular flexibility index (Phi) is 4.72. The number of carboxylic acid groups (broad SMARTS) is 1. The molecule has 1 N–H and O–H groups in total. The molecule has 0 bridgehead atoms. The minimum absolute atomic E-state index is 0.0644. The van der Waals surface area contributed by atoms with Crippen molar-refractivity contribution < 1.29 is 19.1 Å². The summed E-state index contributed by atoms with van der Waals surface area (Å²) in [6, 6.07) is 1.73. The van der Waals surface area contributed by atoms with E-state index < -0.39 is 18.2 Å². The number of hydrogen-bond acceptors (Lipinski definition) is 4. The summed E-state index contributed by atoms with van der Waals surface area (Å²) in [6.07, 6.45) is -0.209. The third-order valence-electron chi connectivity index (χ3n) is 5.18. The third-order valence-corrected chi connectivity index (χ3v) is 5.18. The molecule has 3 heterocycles. The van der Waals surface area contributed by atoms with Crippen molar-refractivity contribution in [1.29, 1.82) is 0 Å². The second kappa shape index (κ2) is 6.53.